The summed E-state index contributed by atoms with van der Waals surface area (Å²) >= 11 is 0. The largest absolute Gasteiger partial charge is 0.497 e. The molecule has 1 aromatic heterocycles. The highest BCUT2D eigenvalue weighted by atomic mass is 16.5. The van der Waals surface area contributed by atoms with Gasteiger partial charge in [-0.05, 0) is 42.5 Å². The lowest BCUT2D eigenvalue weighted by Gasteiger charge is -2.30. The number of aromatic nitrogens is 2. The van der Waals surface area contributed by atoms with Crippen molar-refractivity contribution in [3.8, 4) is 5.75 Å². The van der Waals surface area contributed by atoms with Crippen LogP contribution in [0.1, 0.15) is 45.1 Å². The molecule has 2 aromatic rings. The summed E-state index contributed by atoms with van der Waals surface area (Å²) in [5.41, 5.74) is -0.525. The Morgan fingerprint density at radius 2 is 1.78 bits per heavy atom. The van der Waals surface area contributed by atoms with E-state index in [4.69, 9.17) is 4.74 Å². The maximum absolute atomic E-state index is 13.8. The minimum absolute atomic E-state index is 0.000181. The maximum Gasteiger partial charge on any atom is 0.240 e. The standard InChI is InChI=1S/C27H35N5O4/c1-20(2)10-15-32-24(34)19-27(25(32)35,21-6-8-22(36-3)9-7-21)18-23(33)30-13-5-14-31(17-16-30)26-28-11-4-12-29-26/h4,6-9,11-12,20H,5,10,13-19H2,1-3H3/t27-/m0/s1. The monoisotopic (exact) mass is 493 g/mol. The zero-order valence-corrected chi connectivity index (χ0v) is 21.4. The van der Waals surface area contributed by atoms with Crippen molar-refractivity contribution in [1.29, 1.82) is 0 Å². The number of carbonyl (C=O) groups is 3. The lowest BCUT2D eigenvalue weighted by Crippen LogP contribution is -2.44. The summed E-state index contributed by atoms with van der Waals surface area (Å²) in [6, 6.07) is 8.94. The summed E-state index contributed by atoms with van der Waals surface area (Å²) in [7, 11) is 1.58. The Bertz CT molecular complexity index is 1080. The van der Waals surface area contributed by atoms with Crippen molar-refractivity contribution in [3.63, 3.8) is 0 Å². The average Bonchev–Trinajstić information content (AvgIpc) is 3.03. The van der Waals surface area contributed by atoms with Gasteiger partial charge in [-0.15, -0.1) is 0 Å². The van der Waals surface area contributed by atoms with Crippen molar-refractivity contribution in [2.75, 3.05) is 44.7 Å². The summed E-state index contributed by atoms with van der Waals surface area (Å²) in [5.74, 6) is 1.06. The van der Waals surface area contributed by atoms with Gasteiger partial charge in [-0.1, -0.05) is 26.0 Å². The Morgan fingerprint density at radius 1 is 1.06 bits per heavy atom. The van der Waals surface area contributed by atoms with Crippen molar-refractivity contribution in [3.05, 3.63) is 48.3 Å². The number of likely N-dealkylation sites (tertiary alicyclic amines) is 1. The molecule has 0 unspecified atom stereocenters. The molecule has 3 heterocycles. The van der Waals surface area contributed by atoms with Crippen LogP contribution in [0.4, 0.5) is 5.95 Å². The van der Waals surface area contributed by atoms with E-state index >= 15 is 0 Å². The molecule has 9 nitrogen and oxygen atoms in total. The molecule has 2 aliphatic heterocycles. The Balaban J connectivity index is 1.56. The molecule has 2 fully saturated rings. The van der Waals surface area contributed by atoms with Gasteiger partial charge < -0.3 is 14.5 Å². The maximum atomic E-state index is 13.8. The molecule has 0 bridgehead atoms. The van der Waals surface area contributed by atoms with Gasteiger partial charge in [0.25, 0.3) is 0 Å². The predicted octanol–water partition coefficient (Wildman–Crippen LogP) is 2.66. The summed E-state index contributed by atoms with van der Waals surface area (Å²) in [4.78, 5) is 54.4. The molecule has 1 atom stereocenters. The molecule has 36 heavy (non-hydrogen) atoms. The molecule has 2 aliphatic rings. The van der Waals surface area contributed by atoms with Gasteiger partial charge in [0.05, 0.1) is 12.5 Å². The molecule has 0 saturated carbocycles. The topological polar surface area (TPSA) is 95.9 Å². The van der Waals surface area contributed by atoms with Crippen LogP contribution in [0.3, 0.4) is 0 Å². The van der Waals surface area contributed by atoms with Crippen LogP contribution in [0, 0.1) is 5.92 Å². The molecule has 0 N–H and O–H groups in total. The van der Waals surface area contributed by atoms with Gasteiger partial charge in [0.15, 0.2) is 0 Å². The molecular weight excluding hydrogens is 458 g/mol. The number of imide groups is 1. The molecule has 0 spiro atoms. The smallest absolute Gasteiger partial charge is 0.240 e. The number of nitrogens with zero attached hydrogens (tertiary/aromatic N) is 5. The quantitative estimate of drug-likeness (QED) is 0.522. The fourth-order valence-corrected chi connectivity index (χ4v) is 4.98. The van der Waals surface area contributed by atoms with Gasteiger partial charge in [-0.25, -0.2) is 9.97 Å². The summed E-state index contributed by atoms with van der Waals surface area (Å²) in [6.07, 6.45) is 4.88. The van der Waals surface area contributed by atoms with Crippen LogP contribution < -0.4 is 9.64 Å². The van der Waals surface area contributed by atoms with Gasteiger partial charge in [0.1, 0.15) is 5.75 Å². The Kier molecular flexibility index (Phi) is 7.86. The number of hydrogen-bond acceptors (Lipinski definition) is 7. The third-order valence-corrected chi connectivity index (χ3v) is 7.12. The molecule has 2 saturated heterocycles. The number of rotatable bonds is 8. The normalized spacial score (nSPS) is 20.7. The number of anilines is 1. The van der Waals surface area contributed by atoms with Crippen molar-refractivity contribution in [2.45, 2.75) is 44.9 Å². The van der Waals surface area contributed by atoms with E-state index in [9.17, 15) is 14.4 Å². The van der Waals surface area contributed by atoms with Gasteiger partial charge in [0, 0.05) is 58.0 Å². The lowest BCUT2D eigenvalue weighted by atomic mass is 9.75. The van der Waals surface area contributed by atoms with Crippen LogP contribution in [0.25, 0.3) is 0 Å². The molecule has 1 aromatic carbocycles. The molecule has 9 heteroatoms. The van der Waals surface area contributed by atoms with Crippen LogP contribution >= 0.6 is 0 Å². The summed E-state index contributed by atoms with van der Waals surface area (Å²) in [6.45, 7) is 6.95. The van der Waals surface area contributed by atoms with Crippen LogP contribution in [0.15, 0.2) is 42.7 Å². The second kappa shape index (κ2) is 11.1. The van der Waals surface area contributed by atoms with E-state index in [1.54, 1.807) is 49.8 Å². The van der Waals surface area contributed by atoms with Crippen LogP contribution in [-0.2, 0) is 19.8 Å². The number of ether oxygens (including phenoxy) is 1. The first-order valence-corrected chi connectivity index (χ1v) is 12.6. The third kappa shape index (κ3) is 5.34. The fourth-order valence-electron chi connectivity index (χ4n) is 4.98. The van der Waals surface area contributed by atoms with Crippen LogP contribution in [0.2, 0.25) is 0 Å². The Morgan fingerprint density at radius 3 is 2.44 bits per heavy atom. The van der Waals surface area contributed by atoms with Crippen molar-refractivity contribution in [1.82, 2.24) is 19.8 Å². The van der Waals surface area contributed by atoms with Crippen LogP contribution in [0.5, 0.6) is 5.75 Å². The Labute approximate surface area is 212 Å². The first-order chi connectivity index (χ1) is 17.3. The molecule has 0 aliphatic carbocycles. The second-order valence-electron chi connectivity index (χ2n) is 9.97. The van der Waals surface area contributed by atoms with Crippen molar-refractivity contribution < 1.29 is 19.1 Å². The Hall–Kier alpha value is -3.49. The van der Waals surface area contributed by atoms with Gasteiger partial charge >= 0.3 is 0 Å². The van der Waals surface area contributed by atoms with E-state index < -0.39 is 5.41 Å². The molecule has 0 radical (unpaired) electrons. The zero-order valence-electron chi connectivity index (χ0n) is 21.4. The van der Waals surface area contributed by atoms with E-state index in [-0.39, 0.29) is 30.6 Å². The SMILES string of the molecule is COc1ccc([C@]2(CC(=O)N3CCCN(c4ncccn4)CC3)CC(=O)N(CCC(C)C)C2=O)cc1. The highest BCUT2D eigenvalue weighted by Crippen LogP contribution is 2.41. The number of hydrogen-bond donors (Lipinski definition) is 0. The van der Waals surface area contributed by atoms with Crippen LogP contribution in [-0.4, -0.2) is 77.3 Å². The predicted molar refractivity (Wildman–Crippen MR) is 136 cm³/mol. The minimum Gasteiger partial charge on any atom is -0.497 e. The van der Waals surface area contributed by atoms with Gasteiger partial charge in [-0.3, -0.25) is 19.3 Å². The third-order valence-electron chi connectivity index (χ3n) is 7.12. The van der Waals surface area contributed by atoms with E-state index in [1.807, 2.05) is 4.90 Å². The molecular formula is C27H35N5O4. The van der Waals surface area contributed by atoms with E-state index in [1.165, 1.54) is 4.90 Å². The second-order valence-corrected chi connectivity index (χ2v) is 9.97. The first-order valence-electron chi connectivity index (χ1n) is 12.6. The molecule has 192 valence electrons. The van der Waals surface area contributed by atoms with Crippen molar-refractivity contribution >= 4 is 23.7 Å². The van der Waals surface area contributed by atoms with Gasteiger partial charge in [-0.2, -0.15) is 0 Å². The average molecular weight is 494 g/mol. The number of carbonyl (C=O) groups excluding carboxylic acids is 3. The summed E-state index contributed by atoms with van der Waals surface area (Å²) < 4.78 is 5.28. The number of methoxy groups -OCH3 is 1. The molecule has 3 amide bonds. The molecule has 4 rings (SSSR count). The fraction of sp³-hybridized carbons (Fsp3) is 0.519. The van der Waals surface area contributed by atoms with E-state index in [0.717, 1.165) is 19.4 Å². The highest BCUT2D eigenvalue weighted by Gasteiger charge is 2.54. The lowest BCUT2D eigenvalue weighted by molar-refractivity contribution is -0.142. The number of benzene rings is 1. The highest BCUT2D eigenvalue weighted by molar-refractivity contribution is 6.10. The van der Waals surface area contributed by atoms with Gasteiger partial charge in [0.2, 0.25) is 23.7 Å². The van der Waals surface area contributed by atoms with E-state index in [0.29, 0.717) is 49.4 Å². The number of amides is 3. The van der Waals surface area contributed by atoms with Crippen molar-refractivity contribution in [2.24, 2.45) is 5.92 Å². The summed E-state index contributed by atoms with van der Waals surface area (Å²) in [5, 5.41) is 0. The van der Waals surface area contributed by atoms with E-state index in [2.05, 4.69) is 28.7 Å². The zero-order chi connectivity index (χ0) is 25.7. The minimum atomic E-state index is -1.20. The first kappa shape index (κ1) is 25.6.